The number of carbonyl (C=O) groups is 2. The van der Waals surface area contributed by atoms with E-state index in [1.54, 1.807) is 4.90 Å². The highest BCUT2D eigenvalue weighted by Crippen LogP contribution is 2.01. The molecular weight excluding hydrogens is 208 g/mol. The van der Waals surface area contributed by atoms with Gasteiger partial charge in [0.2, 0.25) is 11.8 Å². The van der Waals surface area contributed by atoms with Gasteiger partial charge in [-0.2, -0.15) is 0 Å². The first-order valence-corrected chi connectivity index (χ1v) is 5.09. The molecule has 1 heterocycles. The molecule has 2 amide bonds. The summed E-state index contributed by atoms with van der Waals surface area (Å²) in [5.41, 5.74) is 5.25. The van der Waals surface area contributed by atoms with Crippen molar-refractivity contribution in [3.8, 4) is 12.3 Å². The van der Waals surface area contributed by atoms with Crippen molar-refractivity contribution >= 4 is 11.8 Å². The van der Waals surface area contributed by atoms with Gasteiger partial charge >= 0.3 is 0 Å². The Kier molecular flexibility index (Phi) is 4.76. The fourth-order valence-corrected chi connectivity index (χ4v) is 1.61. The van der Waals surface area contributed by atoms with Crippen LogP contribution in [0.2, 0.25) is 0 Å². The molecule has 0 saturated carbocycles. The van der Waals surface area contributed by atoms with Crippen molar-refractivity contribution in [2.75, 3.05) is 32.7 Å². The van der Waals surface area contributed by atoms with Crippen molar-refractivity contribution in [3.05, 3.63) is 0 Å². The van der Waals surface area contributed by atoms with Gasteiger partial charge in [-0.15, -0.1) is 6.42 Å². The van der Waals surface area contributed by atoms with Gasteiger partial charge in [0.15, 0.2) is 0 Å². The normalized spacial score (nSPS) is 21.1. The van der Waals surface area contributed by atoms with Crippen molar-refractivity contribution < 1.29 is 9.59 Å². The quantitative estimate of drug-likeness (QED) is 0.460. The molecule has 0 spiro atoms. The Morgan fingerprint density at radius 1 is 1.62 bits per heavy atom. The number of hydrogen-bond donors (Lipinski definition) is 3. The number of amides is 2. The van der Waals surface area contributed by atoms with E-state index in [-0.39, 0.29) is 19.0 Å². The zero-order valence-electron chi connectivity index (χ0n) is 9.03. The van der Waals surface area contributed by atoms with Crippen LogP contribution >= 0.6 is 0 Å². The average Bonchev–Trinajstić information content (AvgIpc) is 2.27. The van der Waals surface area contributed by atoms with Gasteiger partial charge < -0.3 is 16.4 Å². The summed E-state index contributed by atoms with van der Waals surface area (Å²) in [6.45, 7) is 2.20. The number of nitrogens with zero attached hydrogens (tertiary/aromatic N) is 1. The van der Waals surface area contributed by atoms with E-state index in [0.29, 0.717) is 13.1 Å². The summed E-state index contributed by atoms with van der Waals surface area (Å²) >= 11 is 0. The fraction of sp³-hybridized carbons (Fsp3) is 0.600. The molecule has 1 saturated heterocycles. The van der Waals surface area contributed by atoms with E-state index in [4.69, 9.17) is 12.2 Å². The third-order valence-electron chi connectivity index (χ3n) is 2.42. The lowest BCUT2D eigenvalue weighted by atomic mass is 10.2. The number of carbonyl (C=O) groups excluding carboxylic acids is 2. The second-order valence-corrected chi connectivity index (χ2v) is 3.57. The zero-order valence-corrected chi connectivity index (χ0v) is 9.03. The third kappa shape index (κ3) is 3.53. The van der Waals surface area contributed by atoms with Crippen molar-refractivity contribution in [2.24, 2.45) is 5.73 Å². The van der Waals surface area contributed by atoms with Gasteiger partial charge in [0.05, 0.1) is 13.1 Å². The molecule has 1 unspecified atom stereocenters. The first-order valence-electron chi connectivity index (χ1n) is 5.09. The summed E-state index contributed by atoms with van der Waals surface area (Å²) in [4.78, 5) is 24.3. The highest BCUT2D eigenvalue weighted by atomic mass is 16.2. The van der Waals surface area contributed by atoms with Crippen LogP contribution in [-0.4, -0.2) is 55.5 Å². The van der Waals surface area contributed by atoms with Crippen LogP contribution < -0.4 is 16.4 Å². The zero-order chi connectivity index (χ0) is 12.0. The molecule has 0 aromatic heterocycles. The van der Waals surface area contributed by atoms with Crippen molar-refractivity contribution in [1.29, 1.82) is 0 Å². The van der Waals surface area contributed by atoms with Crippen LogP contribution in [0.1, 0.15) is 0 Å². The maximum Gasteiger partial charge on any atom is 0.236 e. The van der Waals surface area contributed by atoms with Gasteiger partial charge in [-0.25, -0.2) is 0 Å². The minimum absolute atomic E-state index is 0.150. The van der Waals surface area contributed by atoms with E-state index >= 15 is 0 Å². The maximum absolute atomic E-state index is 11.4. The van der Waals surface area contributed by atoms with Crippen LogP contribution in [0.5, 0.6) is 0 Å². The van der Waals surface area contributed by atoms with E-state index in [1.807, 2.05) is 0 Å². The molecule has 16 heavy (non-hydrogen) atoms. The molecule has 6 heteroatoms. The molecule has 0 aromatic carbocycles. The lowest BCUT2D eigenvalue weighted by molar-refractivity contribution is -0.127. The van der Waals surface area contributed by atoms with Crippen LogP contribution in [0, 0.1) is 12.3 Å². The van der Waals surface area contributed by atoms with E-state index < -0.39 is 11.9 Å². The minimum atomic E-state index is -0.426. The Morgan fingerprint density at radius 3 is 3.00 bits per heavy atom. The Bertz CT molecular complexity index is 310. The van der Waals surface area contributed by atoms with Gasteiger partial charge in [-0.1, -0.05) is 5.92 Å². The minimum Gasteiger partial charge on any atom is -0.368 e. The Morgan fingerprint density at radius 2 is 2.38 bits per heavy atom. The van der Waals surface area contributed by atoms with Gasteiger partial charge in [0, 0.05) is 19.6 Å². The maximum atomic E-state index is 11.4. The van der Waals surface area contributed by atoms with Crippen LogP contribution in [0.25, 0.3) is 0 Å². The van der Waals surface area contributed by atoms with Crippen LogP contribution in [0.3, 0.4) is 0 Å². The molecule has 6 nitrogen and oxygen atoms in total. The Labute approximate surface area is 94.5 Å². The largest absolute Gasteiger partial charge is 0.368 e. The van der Waals surface area contributed by atoms with E-state index in [2.05, 4.69) is 16.6 Å². The van der Waals surface area contributed by atoms with E-state index in [1.165, 1.54) is 0 Å². The number of terminal acetylenes is 1. The summed E-state index contributed by atoms with van der Waals surface area (Å²) in [5.74, 6) is 1.71. The number of nitrogens with two attached hydrogens (primary N) is 1. The predicted molar refractivity (Wildman–Crippen MR) is 59.3 cm³/mol. The average molecular weight is 224 g/mol. The summed E-state index contributed by atoms with van der Waals surface area (Å²) < 4.78 is 0. The summed E-state index contributed by atoms with van der Waals surface area (Å²) in [6, 6.07) is -0.426. The molecule has 1 aliphatic rings. The fourth-order valence-electron chi connectivity index (χ4n) is 1.61. The Hall–Kier alpha value is -1.58. The molecular formula is C10H16N4O2. The molecule has 0 aliphatic carbocycles. The summed E-state index contributed by atoms with van der Waals surface area (Å²) in [7, 11) is 0. The van der Waals surface area contributed by atoms with E-state index in [9.17, 15) is 9.59 Å². The predicted octanol–water partition coefficient (Wildman–Crippen LogP) is -2.51. The van der Waals surface area contributed by atoms with Crippen LogP contribution in [0.15, 0.2) is 0 Å². The highest BCUT2D eigenvalue weighted by molar-refractivity contribution is 5.82. The Balaban J connectivity index is 2.47. The van der Waals surface area contributed by atoms with Gasteiger partial charge in [0.1, 0.15) is 6.04 Å². The second kappa shape index (κ2) is 6.10. The van der Waals surface area contributed by atoms with Crippen LogP contribution in [-0.2, 0) is 9.59 Å². The second-order valence-electron chi connectivity index (χ2n) is 3.57. The molecule has 1 rings (SSSR count). The first-order chi connectivity index (χ1) is 7.65. The SMILES string of the molecule is C#CCNC(=O)CN1CCNCC1C(N)=O. The van der Waals surface area contributed by atoms with E-state index in [0.717, 1.165) is 6.54 Å². The topological polar surface area (TPSA) is 87.5 Å². The first kappa shape index (κ1) is 12.5. The van der Waals surface area contributed by atoms with Gasteiger partial charge in [0.25, 0.3) is 0 Å². The molecule has 0 bridgehead atoms. The number of primary amides is 1. The molecule has 0 aromatic rings. The third-order valence-corrected chi connectivity index (χ3v) is 2.42. The number of nitrogens with one attached hydrogen (secondary N) is 2. The molecule has 0 radical (unpaired) electrons. The molecule has 4 N–H and O–H groups in total. The summed E-state index contributed by atoms with van der Waals surface area (Å²) in [6.07, 6.45) is 5.02. The molecule has 1 atom stereocenters. The molecule has 1 aliphatic heterocycles. The lowest BCUT2D eigenvalue weighted by Crippen LogP contribution is -2.58. The van der Waals surface area contributed by atoms with Crippen molar-refractivity contribution in [3.63, 3.8) is 0 Å². The smallest absolute Gasteiger partial charge is 0.236 e. The lowest BCUT2D eigenvalue weighted by Gasteiger charge is -2.33. The van der Waals surface area contributed by atoms with Crippen LogP contribution in [0.4, 0.5) is 0 Å². The van der Waals surface area contributed by atoms with Crippen molar-refractivity contribution in [2.45, 2.75) is 6.04 Å². The van der Waals surface area contributed by atoms with Crippen molar-refractivity contribution in [1.82, 2.24) is 15.5 Å². The number of piperazine rings is 1. The monoisotopic (exact) mass is 224 g/mol. The van der Waals surface area contributed by atoms with Gasteiger partial charge in [-0.05, 0) is 0 Å². The number of hydrogen-bond acceptors (Lipinski definition) is 4. The molecule has 88 valence electrons. The van der Waals surface area contributed by atoms with Gasteiger partial charge in [-0.3, -0.25) is 14.5 Å². The molecule has 1 fully saturated rings. The highest BCUT2D eigenvalue weighted by Gasteiger charge is 2.27. The number of rotatable bonds is 4. The summed E-state index contributed by atoms with van der Waals surface area (Å²) in [5, 5.41) is 5.61. The standard InChI is InChI=1S/C10H16N4O2/c1-2-3-13-9(15)7-14-5-4-12-6-8(14)10(11)16/h1,8,12H,3-7H2,(H2,11,16)(H,13,15).